The predicted octanol–water partition coefficient (Wildman–Crippen LogP) is 5.01. The van der Waals surface area contributed by atoms with E-state index in [4.69, 9.17) is 9.88 Å². The fourth-order valence-corrected chi connectivity index (χ4v) is 4.71. The third-order valence-corrected chi connectivity index (χ3v) is 6.45. The van der Waals surface area contributed by atoms with E-state index in [1.54, 1.807) is 37.4 Å². The molecule has 4 aromatic rings. The molecule has 9 heteroatoms. The zero-order valence-electron chi connectivity index (χ0n) is 16.9. The Bertz CT molecular complexity index is 1340. The van der Waals surface area contributed by atoms with Crippen molar-refractivity contribution in [2.45, 2.75) is 18.7 Å². The second-order valence-corrected chi connectivity index (χ2v) is 9.51. The van der Waals surface area contributed by atoms with Gasteiger partial charge in [-0.05, 0) is 37.6 Å². The van der Waals surface area contributed by atoms with Crippen molar-refractivity contribution in [1.82, 2.24) is 9.97 Å². The number of sulfonamides is 1. The summed E-state index contributed by atoms with van der Waals surface area (Å²) in [7, 11) is -3.82. The number of rotatable bonds is 6. The standard InChI is InChI=1S/C22H20N4O3S2/c1-14-18(9-6-10-19(14)31(23,27)28)26-20-13-17(11-12-24-20)29-22-21(25-15(2)30-22)16-7-4-3-5-8-16/h3-13H,1-2H3,(H,24,26)(H2,23,27,28). The molecule has 0 fully saturated rings. The van der Waals surface area contributed by atoms with Crippen LogP contribution in [0.15, 0.2) is 71.8 Å². The average molecular weight is 453 g/mol. The Labute approximate surface area is 184 Å². The van der Waals surface area contributed by atoms with Gasteiger partial charge in [0.2, 0.25) is 15.1 Å². The Balaban J connectivity index is 1.62. The number of pyridine rings is 1. The van der Waals surface area contributed by atoms with Crippen LogP contribution in [0, 0.1) is 13.8 Å². The largest absolute Gasteiger partial charge is 0.444 e. The Morgan fingerprint density at radius 3 is 2.55 bits per heavy atom. The first kappa shape index (κ1) is 21.0. The fourth-order valence-electron chi connectivity index (χ4n) is 3.10. The lowest BCUT2D eigenvalue weighted by Gasteiger charge is -2.12. The molecule has 4 rings (SSSR count). The number of nitrogens with two attached hydrogens (primary N) is 1. The highest BCUT2D eigenvalue weighted by atomic mass is 32.2. The number of primary sulfonamides is 1. The Morgan fingerprint density at radius 1 is 1.03 bits per heavy atom. The van der Waals surface area contributed by atoms with E-state index in [0.717, 1.165) is 16.3 Å². The summed E-state index contributed by atoms with van der Waals surface area (Å²) < 4.78 is 29.7. The van der Waals surface area contributed by atoms with Crippen molar-refractivity contribution in [2.24, 2.45) is 5.14 Å². The SMILES string of the molecule is Cc1nc(-c2ccccc2)c(Oc2ccnc(Nc3cccc(S(N)(=O)=O)c3C)c2)s1. The molecule has 0 aliphatic heterocycles. The van der Waals surface area contributed by atoms with Gasteiger partial charge in [-0.2, -0.15) is 0 Å². The molecule has 0 amide bonds. The van der Waals surface area contributed by atoms with Gasteiger partial charge in [-0.3, -0.25) is 0 Å². The zero-order valence-corrected chi connectivity index (χ0v) is 18.5. The minimum atomic E-state index is -3.82. The van der Waals surface area contributed by atoms with E-state index < -0.39 is 10.0 Å². The molecule has 2 aromatic heterocycles. The molecule has 0 spiro atoms. The number of nitrogens with zero attached hydrogens (tertiary/aromatic N) is 2. The second-order valence-electron chi connectivity index (χ2n) is 6.81. The average Bonchev–Trinajstić information content (AvgIpc) is 3.09. The van der Waals surface area contributed by atoms with Gasteiger partial charge in [-0.1, -0.05) is 47.7 Å². The van der Waals surface area contributed by atoms with Crippen LogP contribution >= 0.6 is 11.3 Å². The van der Waals surface area contributed by atoms with E-state index in [0.29, 0.717) is 27.9 Å². The zero-order chi connectivity index (χ0) is 22.0. The first-order chi connectivity index (χ1) is 14.8. The van der Waals surface area contributed by atoms with Gasteiger partial charge >= 0.3 is 0 Å². The number of aromatic nitrogens is 2. The van der Waals surface area contributed by atoms with Crippen molar-refractivity contribution >= 4 is 32.9 Å². The minimum absolute atomic E-state index is 0.0672. The van der Waals surface area contributed by atoms with Gasteiger partial charge in [0.15, 0.2) is 0 Å². The van der Waals surface area contributed by atoms with Crippen LogP contribution in [0.25, 0.3) is 11.3 Å². The number of hydrogen-bond acceptors (Lipinski definition) is 7. The number of anilines is 2. The number of thiazole rings is 1. The molecule has 0 saturated carbocycles. The van der Waals surface area contributed by atoms with Crippen molar-refractivity contribution in [3.05, 3.63) is 77.4 Å². The van der Waals surface area contributed by atoms with Crippen LogP contribution in [0.2, 0.25) is 0 Å². The van der Waals surface area contributed by atoms with E-state index in [-0.39, 0.29) is 4.90 Å². The molecule has 2 heterocycles. The number of nitrogens with one attached hydrogen (secondary N) is 1. The lowest BCUT2D eigenvalue weighted by Crippen LogP contribution is -2.14. The van der Waals surface area contributed by atoms with E-state index in [1.165, 1.54) is 17.4 Å². The van der Waals surface area contributed by atoms with Crippen molar-refractivity contribution in [1.29, 1.82) is 0 Å². The van der Waals surface area contributed by atoms with Crippen LogP contribution in [0.1, 0.15) is 10.6 Å². The summed E-state index contributed by atoms with van der Waals surface area (Å²) in [6, 6.07) is 18.2. The number of ether oxygens (including phenoxy) is 1. The smallest absolute Gasteiger partial charge is 0.238 e. The lowest BCUT2D eigenvalue weighted by atomic mass is 10.2. The summed E-state index contributed by atoms with van der Waals surface area (Å²) in [6.07, 6.45) is 1.62. The Hall–Kier alpha value is -3.27. The van der Waals surface area contributed by atoms with Gasteiger partial charge < -0.3 is 10.1 Å². The van der Waals surface area contributed by atoms with Crippen molar-refractivity contribution < 1.29 is 13.2 Å². The topological polar surface area (TPSA) is 107 Å². The molecule has 3 N–H and O–H groups in total. The molecule has 0 unspecified atom stereocenters. The Kier molecular flexibility index (Phi) is 5.73. The van der Waals surface area contributed by atoms with E-state index in [9.17, 15) is 8.42 Å². The maximum atomic E-state index is 11.8. The molecule has 0 saturated heterocycles. The quantitative estimate of drug-likeness (QED) is 0.426. The highest BCUT2D eigenvalue weighted by Gasteiger charge is 2.16. The summed E-state index contributed by atoms with van der Waals surface area (Å²) in [4.78, 5) is 8.98. The summed E-state index contributed by atoms with van der Waals surface area (Å²) in [5.74, 6) is 1.09. The second kappa shape index (κ2) is 8.46. The summed E-state index contributed by atoms with van der Waals surface area (Å²) in [5, 5.41) is 10.0. The number of hydrogen-bond donors (Lipinski definition) is 2. The highest BCUT2D eigenvalue weighted by molar-refractivity contribution is 7.89. The van der Waals surface area contributed by atoms with Gasteiger partial charge in [0.05, 0.1) is 9.90 Å². The van der Waals surface area contributed by atoms with Crippen LogP contribution < -0.4 is 15.2 Å². The van der Waals surface area contributed by atoms with E-state index >= 15 is 0 Å². The van der Waals surface area contributed by atoms with E-state index in [1.807, 2.05) is 37.3 Å². The van der Waals surface area contributed by atoms with Gasteiger partial charge in [0.1, 0.15) is 17.3 Å². The van der Waals surface area contributed by atoms with Gasteiger partial charge in [0.25, 0.3) is 0 Å². The first-order valence-corrected chi connectivity index (χ1v) is 11.7. The minimum Gasteiger partial charge on any atom is -0.444 e. The van der Waals surface area contributed by atoms with E-state index in [2.05, 4.69) is 15.3 Å². The monoisotopic (exact) mass is 452 g/mol. The molecule has 7 nitrogen and oxygen atoms in total. The third-order valence-electron chi connectivity index (χ3n) is 4.55. The van der Waals surface area contributed by atoms with Gasteiger partial charge in [-0.25, -0.2) is 23.5 Å². The van der Waals surface area contributed by atoms with Crippen LogP contribution in [0.5, 0.6) is 10.8 Å². The molecule has 0 aliphatic rings. The molecule has 0 radical (unpaired) electrons. The predicted molar refractivity (Wildman–Crippen MR) is 122 cm³/mol. The van der Waals surface area contributed by atoms with Gasteiger partial charge in [-0.15, -0.1) is 0 Å². The maximum Gasteiger partial charge on any atom is 0.238 e. The Morgan fingerprint density at radius 2 is 1.81 bits per heavy atom. The van der Waals surface area contributed by atoms with Crippen molar-refractivity contribution in [2.75, 3.05) is 5.32 Å². The molecule has 2 aromatic carbocycles. The van der Waals surface area contributed by atoms with Crippen molar-refractivity contribution in [3.8, 4) is 22.1 Å². The molecule has 0 bridgehead atoms. The summed E-state index contributed by atoms with van der Waals surface area (Å²) in [6.45, 7) is 3.62. The third kappa shape index (κ3) is 4.74. The maximum absolute atomic E-state index is 11.8. The fraction of sp³-hybridized carbons (Fsp3) is 0.0909. The lowest BCUT2D eigenvalue weighted by molar-refractivity contribution is 0.496. The first-order valence-electron chi connectivity index (χ1n) is 9.37. The highest BCUT2D eigenvalue weighted by Crippen LogP contribution is 2.38. The van der Waals surface area contributed by atoms with Crippen LogP contribution in [0.4, 0.5) is 11.5 Å². The summed E-state index contributed by atoms with van der Waals surface area (Å²) in [5.41, 5.74) is 2.87. The molecule has 0 aliphatic carbocycles. The molecule has 158 valence electrons. The van der Waals surface area contributed by atoms with Crippen LogP contribution in [-0.4, -0.2) is 18.4 Å². The van der Waals surface area contributed by atoms with Gasteiger partial charge in [0, 0.05) is 23.5 Å². The normalized spacial score (nSPS) is 11.3. The molecule has 31 heavy (non-hydrogen) atoms. The molecule has 0 atom stereocenters. The molecular formula is C22H20N4O3S2. The molecular weight excluding hydrogens is 432 g/mol. The van der Waals surface area contributed by atoms with Crippen molar-refractivity contribution in [3.63, 3.8) is 0 Å². The number of benzene rings is 2. The summed E-state index contributed by atoms with van der Waals surface area (Å²) >= 11 is 1.47. The number of aryl methyl sites for hydroxylation is 1. The van der Waals surface area contributed by atoms with Crippen LogP contribution in [0.3, 0.4) is 0 Å². The van der Waals surface area contributed by atoms with Crippen LogP contribution in [-0.2, 0) is 10.0 Å².